The van der Waals surface area contributed by atoms with Crippen LogP contribution in [0.15, 0.2) is 54.6 Å². The Balaban J connectivity index is 2.50. The van der Waals surface area contributed by atoms with Gasteiger partial charge in [0.15, 0.2) is 0 Å². The lowest BCUT2D eigenvalue weighted by molar-refractivity contribution is -0.145. The van der Waals surface area contributed by atoms with Crippen LogP contribution < -0.4 is 10.6 Å². The minimum Gasteiger partial charge on any atom is -0.444 e. The zero-order valence-electron chi connectivity index (χ0n) is 24.9. The van der Waals surface area contributed by atoms with Crippen LogP contribution >= 0.6 is 0 Å². The molecule has 214 valence electrons. The van der Waals surface area contributed by atoms with Crippen LogP contribution in [0, 0.1) is 5.92 Å². The molecular formula is C32H47N3O4. The predicted molar refractivity (Wildman–Crippen MR) is 156 cm³/mol. The van der Waals surface area contributed by atoms with Gasteiger partial charge in [-0.25, -0.2) is 4.79 Å². The Labute approximate surface area is 234 Å². The van der Waals surface area contributed by atoms with E-state index in [0.717, 1.165) is 23.1 Å². The SMILES string of the molecule is CCc1ccc(C(C(=O)NCc2ccccc2)N(C(=O)C(CC(C)C)NC(=O)OC(C)(C)C)C(C)CC)cc1. The predicted octanol–water partition coefficient (Wildman–Crippen LogP) is 6.17. The van der Waals surface area contributed by atoms with Crippen molar-refractivity contribution in [3.8, 4) is 0 Å². The Morgan fingerprint density at radius 3 is 2.03 bits per heavy atom. The molecule has 2 aromatic carbocycles. The summed E-state index contributed by atoms with van der Waals surface area (Å²) in [4.78, 5) is 42.5. The van der Waals surface area contributed by atoms with E-state index in [4.69, 9.17) is 4.74 Å². The summed E-state index contributed by atoms with van der Waals surface area (Å²) in [6.07, 6.45) is 1.28. The fourth-order valence-corrected chi connectivity index (χ4v) is 4.37. The lowest BCUT2D eigenvalue weighted by atomic mass is 9.96. The summed E-state index contributed by atoms with van der Waals surface area (Å²) in [5, 5.41) is 5.85. The van der Waals surface area contributed by atoms with Gasteiger partial charge in [-0.3, -0.25) is 9.59 Å². The van der Waals surface area contributed by atoms with Crippen LogP contribution in [0.1, 0.15) is 91.0 Å². The number of hydrogen-bond donors (Lipinski definition) is 2. The molecule has 2 N–H and O–H groups in total. The van der Waals surface area contributed by atoms with Crippen molar-refractivity contribution in [3.63, 3.8) is 0 Å². The van der Waals surface area contributed by atoms with E-state index in [1.807, 2.05) is 82.3 Å². The number of rotatable bonds is 12. The molecule has 3 amide bonds. The minimum absolute atomic E-state index is 0.127. The lowest BCUT2D eigenvalue weighted by Gasteiger charge is -2.38. The van der Waals surface area contributed by atoms with Crippen molar-refractivity contribution in [1.82, 2.24) is 15.5 Å². The molecule has 3 unspecified atom stereocenters. The third-order valence-electron chi connectivity index (χ3n) is 6.56. The molecule has 3 atom stereocenters. The summed E-state index contributed by atoms with van der Waals surface area (Å²) in [6.45, 7) is 15.7. The van der Waals surface area contributed by atoms with Crippen LogP contribution in [0.25, 0.3) is 0 Å². The number of nitrogens with one attached hydrogen (secondary N) is 2. The Morgan fingerprint density at radius 2 is 1.51 bits per heavy atom. The van der Waals surface area contributed by atoms with Crippen molar-refractivity contribution in [2.24, 2.45) is 5.92 Å². The van der Waals surface area contributed by atoms with Crippen molar-refractivity contribution < 1.29 is 19.1 Å². The molecule has 0 heterocycles. The van der Waals surface area contributed by atoms with Gasteiger partial charge in [0.2, 0.25) is 11.8 Å². The Morgan fingerprint density at radius 1 is 0.897 bits per heavy atom. The van der Waals surface area contributed by atoms with Crippen LogP contribution in [0.4, 0.5) is 4.79 Å². The zero-order valence-corrected chi connectivity index (χ0v) is 24.9. The van der Waals surface area contributed by atoms with Gasteiger partial charge in [-0.15, -0.1) is 0 Å². The molecule has 7 nitrogen and oxygen atoms in total. The Hall–Kier alpha value is -3.35. The molecule has 0 radical (unpaired) electrons. The maximum Gasteiger partial charge on any atom is 0.408 e. The quantitative estimate of drug-likeness (QED) is 0.339. The third kappa shape index (κ3) is 10.0. The normalized spacial score (nSPS) is 13.8. The second kappa shape index (κ2) is 14.7. The number of aryl methyl sites for hydroxylation is 1. The van der Waals surface area contributed by atoms with Gasteiger partial charge in [-0.05, 0) is 69.6 Å². The number of carbonyl (C=O) groups excluding carboxylic acids is 3. The van der Waals surface area contributed by atoms with Gasteiger partial charge in [0, 0.05) is 12.6 Å². The highest BCUT2D eigenvalue weighted by molar-refractivity contribution is 5.92. The van der Waals surface area contributed by atoms with Crippen LogP contribution in [0.2, 0.25) is 0 Å². The van der Waals surface area contributed by atoms with Crippen molar-refractivity contribution in [2.75, 3.05) is 0 Å². The van der Waals surface area contributed by atoms with Gasteiger partial charge in [0.05, 0.1) is 0 Å². The first-order valence-electron chi connectivity index (χ1n) is 14.1. The van der Waals surface area contributed by atoms with Gasteiger partial charge < -0.3 is 20.3 Å². The highest BCUT2D eigenvalue weighted by atomic mass is 16.6. The molecule has 0 fully saturated rings. The molecule has 2 aromatic rings. The van der Waals surface area contributed by atoms with E-state index in [-0.39, 0.29) is 23.8 Å². The van der Waals surface area contributed by atoms with Crippen molar-refractivity contribution >= 4 is 17.9 Å². The molecular weight excluding hydrogens is 490 g/mol. The summed E-state index contributed by atoms with van der Waals surface area (Å²) in [5.41, 5.74) is 2.14. The van der Waals surface area contributed by atoms with Crippen molar-refractivity contribution in [3.05, 3.63) is 71.3 Å². The van der Waals surface area contributed by atoms with Gasteiger partial charge in [0.25, 0.3) is 0 Å². The number of hydrogen-bond acceptors (Lipinski definition) is 4. The summed E-state index contributed by atoms with van der Waals surface area (Å²) in [7, 11) is 0. The third-order valence-corrected chi connectivity index (χ3v) is 6.56. The van der Waals surface area contributed by atoms with E-state index in [1.54, 1.807) is 25.7 Å². The van der Waals surface area contributed by atoms with Gasteiger partial charge in [-0.2, -0.15) is 0 Å². The number of carbonyl (C=O) groups is 3. The molecule has 0 spiro atoms. The summed E-state index contributed by atoms with van der Waals surface area (Å²) >= 11 is 0. The maximum atomic E-state index is 14.3. The fraction of sp³-hybridized carbons (Fsp3) is 0.531. The number of benzene rings is 2. The fourth-order valence-electron chi connectivity index (χ4n) is 4.37. The number of ether oxygens (including phenoxy) is 1. The second-order valence-corrected chi connectivity index (χ2v) is 11.5. The molecule has 0 aliphatic rings. The second-order valence-electron chi connectivity index (χ2n) is 11.5. The summed E-state index contributed by atoms with van der Waals surface area (Å²) in [6, 6.07) is 15.6. The van der Waals surface area contributed by atoms with Crippen LogP contribution in [0.5, 0.6) is 0 Å². The first-order valence-corrected chi connectivity index (χ1v) is 14.1. The Kier molecular flexibility index (Phi) is 12.0. The summed E-state index contributed by atoms with van der Waals surface area (Å²) in [5.74, 6) is -0.442. The number of nitrogens with zero attached hydrogens (tertiary/aromatic N) is 1. The van der Waals surface area contributed by atoms with E-state index >= 15 is 0 Å². The molecule has 39 heavy (non-hydrogen) atoms. The number of alkyl carbamates (subject to hydrolysis) is 1. The maximum absolute atomic E-state index is 14.3. The lowest BCUT2D eigenvalue weighted by Crippen LogP contribution is -2.55. The van der Waals surface area contributed by atoms with Crippen molar-refractivity contribution in [2.45, 2.75) is 105 Å². The van der Waals surface area contributed by atoms with E-state index in [9.17, 15) is 14.4 Å². The first kappa shape index (κ1) is 31.9. The molecule has 7 heteroatoms. The van der Waals surface area contributed by atoms with E-state index in [0.29, 0.717) is 19.4 Å². The van der Waals surface area contributed by atoms with Crippen LogP contribution in [-0.2, 0) is 27.3 Å². The smallest absolute Gasteiger partial charge is 0.408 e. The molecule has 0 aliphatic carbocycles. The van der Waals surface area contributed by atoms with Crippen LogP contribution in [-0.4, -0.2) is 40.5 Å². The zero-order chi connectivity index (χ0) is 29.2. The van der Waals surface area contributed by atoms with E-state index in [1.165, 1.54) is 0 Å². The van der Waals surface area contributed by atoms with Gasteiger partial charge in [0.1, 0.15) is 17.7 Å². The Bertz CT molecular complexity index is 1060. The van der Waals surface area contributed by atoms with Gasteiger partial charge >= 0.3 is 6.09 Å². The molecule has 0 saturated carbocycles. The minimum atomic E-state index is -0.864. The average molecular weight is 538 g/mol. The van der Waals surface area contributed by atoms with Crippen molar-refractivity contribution in [1.29, 1.82) is 0 Å². The molecule has 0 aromatic heterocycles. The largest absolute Gasteiger partial charge is 0.444 e. The molecule has 0 saturated heterocycles. The standard InChI is InChI=1S/C32H47N3O4/c1-9-23(5)35(30(37)27(20-22(3)4)34-31(38)39-32(6,7)8)28(26-18-16-24(10-2)17-19-26)29(36)33-21-25-14-12-11-13-15-25/h11-19,22-23,27-28H,9-10,20-21H2,1-8H3,(H,33,36)(H,34,38). The van der Waals surface area contributed by atoms with E-state index in [2.05, 4.69) is 17.6 Å². The number of amides is 3. The molecule has 0 bridgehead atoms. The van der Waals surface area contributed by atoms with Crippen LogP contribution in [0.3, 0.4) is 0 Å². The topological polar surface area (TPSA) is 87.7 Å². The molecule has 0 aliphatic heterocycles. The highest BCUT2D eigenvalue weighted by Gasteiger charge is 2.38. The van der Waals surface area contributed by atoms with Gasteiger partial charge in [-0.1, -0.05) is 82.3 Å². The summed E-state index contributed by atoms with van der Waals surface area (Å²) < 4.78 is 5.47. The first-order chi connectivity index (χ1) is 18.4. The average Bonchev–Trinajstić information content (AvgIpc) is 2.88. The monoisotopic (exact) mass is 537 g/mol. The highest BCUT2D eigenvalue weighted by Crippen LogP contribution is 2.28. The molecule has 2 rings (SSSR count). The van der Waals surface area contributed by atoms with E-state index < -0.39 is 23.8 Å².